The highest BCUT2D eigenvalue weighted by atomic mass is 16.5. The zero-order chi connectivity index (χ0) is 12.2. The summed E-state index contributed by atoms with van der Waals surface area (Å²) in [5, 5.41) is 13.0. The lowest BCUT2D eigenvalue weighted by Gasteiger charge is -2.19. The first-order chi connectivity index (χ1) is 7.42. The van der Waals surface area contributed by atoms with Crippen LogP contribution in [-0.2, 0) is 6.54 Å². The van der Waals surface area contributed by atoms with Crippen molar-refractivity contribution in [1.82, 2.24) is 5.32 Å². The van der Waals surface area contributed by atoms with Gasteiger partial charge in [-0.3, -0.25) is 0 Å². The van der Waals surface area contributed by atoms with Gasteiger partial charge < -0.3 is 15.2 Å². The van der Waals surface area contributed by atoms with Gasteiger partial charge in [-0.05, 0) is 23.6 Å². The van der Waals surface area contributed by atoms with E-state index in [0.29, 0.717) is 12.3 Å². The number of aromatic hydroxyl groups is 1. The van der Waals surface area contributed by atoms with Crippen LogP contribution in [0.1, 0.15) is 26.3 Å². The summed E-state index contributed by atoms with van der Waals surface area (Å²) < 4.78 is 5.12. The maximum absolute atomic E-state index is 9.66. The smallest absolute Gasteiger partial charge is 0.120 e. The second kappa shape index (κ2) is 5.21. The quantitative estimate of drug-likeness (QED) is 0.824. The summed E-state index contributed by atoms with van der Waals surface area (Å²) in [7, 11) is 1.62. The van der Waals surface area contributed by atoms with Gasteiger partial charge in [-0.15, -0.1) is 0 Å². The number of methoxy groups -OCH3 is 1. The fourth-order valence-electron chi connectivity index (χ4n) is 1.40. The van der Waals surface area contributed by atoms with Crippen molar-refractivity contribution in [1.29, 1.82) is 0 Å². The van der Waals surface area contributed by atoms with Crippen molar-refractivity contribution in [3.05, 3.63) is 23.8 Å². The van der Waals surface area contributed by atoms with E-state index in [0.717, 1.165) is 17.9 Å². The van der Waals surface area contributed by atoms with E-state index >= 15 is 0 Å². The maximum Gasteiger partial charge on any atom is 0.120 e. The van der Waals surface area contributed by atoms with Gasteiger partial charge in [0.05, 0.1) is 7.11 Å². The van der Waals surface area contributed by atoms with Gasteiger partial charge >= 0.3 is 0 Å². The third-order valence-electron chi connectivity index (χ3n) is 2.26. The number of benzene rings is 1. The molecule has 0 aliphatic heterocycles. The number of rotatable bonds is 4. The molecule has 0 aliphatic rings. The molecular formula is C13H21NO2. The Morgan fingerprint density at radius 2 is 2.00 bits per heavy atom. The minimum Gasteiger partial charge on any atom is -0.508 e. The fourth-order valence-corrected chi connectivity index (χ4v) is 1.40. The Bertz CT molecular complexity index is 342. The topological polar surface area (TPSA) is 41.5 Å². The Hall–Kier alpha value is -1.22. The number of phenols is 1. The van der Waals surface area contributed by atoms with Crippen molar-refractivity contribution in [2.75, 3.05) is 13.7 Å². The maximum atomic E-state index is 9.66. The van der Waals surface area contributed by atoms with E-state index in [1.807, 2.05) is 6.07 Å². The standard InChI is InChI=1S/C13H21NO2/c1-13(2,3)9-14-8-10-7-11(16-4)5-6-12(10)15/h5-7,14-15H,8-9H2,1-4H3. The molecule has 0 atom stereocenters. The Morgan fingerprint density at radius 1 is 1.31 bits per heavy atom. The van der Waals surface area contributed by atoms with Crippen molar-refractivity contribution in [2.24, 2.45) is 5.41 Å². The SMILES string of the molecule is COc1ccc(O)c(CNCC(C)(C)C)c1. The predicted molar refractivity (Wildman–Crippen MR) is 65.8 cm³/mol. The highest BCUT2D eigenvalue weighted by Crippen LogP contribution is 2.22. The number of nitrogens with one attached hydrogen (secondary N) is 1. The molecule has 0 aromatic heterocycles. The molecule has 2 N–H and O–H groups in total. The lowest BCUT2D eigenvalue weighted by molar-refractivity contribution is 0.375. The molecule has 1 aromatic carbocycles. The van der Waals surface area contributed by atoms with Crippen molar-refractivity contribution in [2.45, 2.75) is 27.3 Å². The van der Waals surface area contributed by atoms with Crippen molar-refractivity contribution in [3.8, 4) is 11.5 Å². The minimum atomic E-state index is 0.245. The molecule has 0 saturated carbocycles. The Labute approximate surface area is 97.4 Å². The number of hydrogen-bond donors (Lipinski definition) is 2. The van der Waals surface area contributed by atoms with Crippen LogP contribution in [0.2, 0.25) is 0 Å². The molecule has 0 radical (unpaired) electrons. The van der Waals surface area contributed by atoms with Crippen LogP contribution in [0.15, 0.2) is 18.2 Å². The van der Waals surface area contributed by atoms with Gasteiger partial charge in [-0.25, -0.2) is 0 Å². The molecule has 0 spiro atoms. The molecular weight excluding hydrogens is 202 g/mol. The van der Waals surface area contributed by atoms with Crippen LogP contribution < -0.4 is 10.1 Å². The average Bonchev–Trinajstić information content (AvgIpc) is 2.19. The third-order valence-corrected chi connectivity index (χ3v) is 2.26. The summed E-state index contributed by atoms with van der Waals surface area (Å²) in [6, 6.07) is 5.26. The molecule has 1 aromatic rings. The number of hydrogen-bond acceptors (Lipinski definition) is 3. The summed E-state index contributed by atoms with van der Waals surface area (Å²) >= 11 is 0. The van der Waals surface area contributed by atoms with Gasteiger partial charge in [0.25, 0.3) is 0 Å². The second-order valence-corrected chi connectivity index (χ2v) is 5.16. The fraction of sp³-hybridized carbons (Fsp3) is 0.538. The molecule has 0 heterocycles. The van der Waals surface area contributed by atoms with Gasteiger partial charge in [-0.2, -0.15) is 0 Å². The van der Waals surface area contributed by atoms with Crippen LogP contribution in [-0.4, -0.2) is 18.8 Å². The van der Waals surface area contributed by atoms with Crippen molar-refractivity contribution < 1.29 is 9.84 Å². The summed E-state index contributed by atoms with van der Waals surface area (Å²) in [5.74, 6) is 1.08. The van der Waals surface area contributed by atoms with E-state index < -0.39 is 0 Å². The van der Waals surface area contributed by atoms with E-state index in [2.05, 4.69) is 26.1 Å². The summed E-state index contributed by atoms with van der Waals surface area (Å²) in [6.07, 6.45) is 0. The largest absolute Gasteiger partial charge is 0.508 e. The van der Waals surface area contributed by atoms with Crippen LogP contribution in [0.5, 0.6) is 11.5 Å². The van der Waals surface area contributed by atoms with Gasteiger partial charge in [0.1, 0.15) is 11.5 Å². The first kappa shape index (κ1) is 12.8. The Morgan fingerprint density at radius 3 is 2.56 bits per heavy atom. The second-order valence-electron chi connectivity index (χ2n) is 5.16. The highest BCUT2D eigenvalue weighted by molar-refractivity contribution is 5.39. The molecule has 0 bridgehead atoms. The Balaban J connectivity index is 2.59. The van der Waals surface area contributed by atoms with E-state index in [1.54, 1.807) is 19.2 Å². The van der Waals surface area contributed by atoms with E-state index in [9.17, 15) is 5.11 Å². The van der Waals surface area contributed by atoms with E-state index in [1.165, 1.54) is 0 Å². The van der Waals surface area contributed by atoms with Crippen LogP contribution >= 0.6 is 0 Å². The minimum absolute atomic E-state index is 0.245. The number of phenolic OH excluding ortho intramolecular Hbond substituents is 1. The molecule has 3 heteroatoms. The summed E-state index contributed by atoms with van der Waals surface area (Å²) in [5.41, 5.74) is 1.11. The third kappa shape index (κ3) is 4.11. The van der Waals surface area contributed by atoms with Gasteiger partial charge in [0.2, 0.25) is 0 Å². The van der Waals surface area contributed by atoms with Crippen molar-refractivity contribution >= 4 is 0 Å². The molecule has 1 rings (SSSR count). The molecule has 3 nitrogen and oxygen atoms in total. The molecule has 0 fully saturated rings. The van der Waals surface area contributed by atoms with E-state index in [4.69, 9.17) is 4.74 Å². The molecule has 0 aliphatic carbocycles. The normalized spacial score (nSPS) is 11.5. The first-order valence-corrected chi connectivity index (χ1v) is 5.49. The van der Waals surface area contributed by atoms with Crippen LogP contribution in [0.3, 0.4) is 0 Å². The predicted octanol–water partition coefficient (Wildman–Crippen LogP) is 2.54. The van der Waals surface area contributed by atoms with Gasteiger partial charge in [-0.1, -0.05) is 20.8 Å². The van der Waals surface area contributed by atoms with Gasteiger partial charge in [0, 0.05) is 18.7 Å². The zero-order valence-electron chi connectivity index (χ0n) is 10.5. The molecule has 0 unspecified atom stereocenters. The van der Waals surface area contributed by atoms with Crippen LogP contribution in [0, 0.1) is 5.41 Å². The first-order valence-electron chi connectivity index (χ1n) is 5.49. The highest BCUT2D eigenvalue weighted by Gasteiger charge is 2.10. The summed E-state index contributed by atoms with van der Waals surface area (Å²) in [4.78, 5) is 0. The lowest BCUT2D eigenvalue weighted by Crippen LogP contribution is -2.26. The average molecular weight is 223 g/mol. The summed E-state index contributed by atoms with van der Waals surface area (Å²) in [6.45, 7) is 8.08. The van der Waals surface area contributed by atoms with Crippen LogP contribution in [0.4, 0.5) is 0 Å². The van der Waals surface area contributed by atoms with Gasteiger partial charge in [0.15, 0.2) is 0 Å². The monoisotopic (exact) mass is 223 g/mol. The van der Waals surface area contributed by atoms with E-state index in [-0.39, 0.29) is 5.41 Å². The zero-order valence-corrected chi connectivity index (χ0v) is 10.5. The molecule has 0 amide bonds. The molecule has 16 heavy (non-hydrogen) atoms. The number of ether oxygens (including phenoxy) is 1. The lowest BCUT2D eigenvalue weighted by atomic mass is 9.97. The molecule has 90 valence electrons. The van der Waals surface area contributed by atoms with Crippen LogP contribution in [0.25, 0.3) is 0 Å². The Kier molecular flexibility index (Phi) is 4.19. The molecule has 0 saturated heterocycles. The van der Waals surface area contributed by atoms with Crippen molar-refractivity contribution in [3.63, 3.8) is 0 Å².